The summed E-state index contributed by atoms with van der Waals surface area (Å²) in [5, 5.41) is 7.42. The van der Waals surface area contributed by atoms with Crippen LogP contribution in [0, 0.1) is 17.3 Å². The monoisotopic (exact) mass is 326 g/mol. The van der Waals surface area contributed by atoms with Crippen LogP contribution in [0.1, 0.15) is 57.7 Å². The van der Waals surface area contributed by atoms with Gasteiger partial charge in [0.05, 0.1) is 12.9 Å². The summed E-state index contributed by atoms with van der Waals surface area (Å²) in [5.41, 5.74) is 4.80. The van der Waals surface area contributed by atoms with Gasteiger partial charge in [0.1, 0.15) is 0 Å². The Bertz CT molecular complexity index is 688. The molecule has 2 rings (SSSR count). The summed E-state index contributed by atoms with van der Waals surface area (Å²) in [4.78, 5) is 9.00. The van der Waals surface area contributed by atoms with Crippen LogP contribution in [0.5, 0.6) is 0 Å². The van der Waals surface area contributed by atoms with Gasteiger partial charge in [-0.1, -0.05) is 30.1 Å². The summed E-state index contributed by atoms with van der Waals surface area (Å²) in [5.74, 6) is 5.72. The highest BCUT2D eigenvalue weighted by molar-refractivity contribution is 5.79. The van der Waals surface area contributed by atoms with Gasteiger partial charge < -0.3 is 9.84 Å². The predicted molar refractivity (Wildman–Crippen MR) is 99.3 cm³/mol. The molecule has 0 fully saturated rings. The molecule has 0 heterocycles. The van der Waals surface area contributed by atoms with Crippen LogP contribution < -0.4 is 0 Å². The second-order valence-electron chi connectivity index (χ2n) is 6.53. The zero-order chi connectivity index (χ0) is 18.2. The molecule has 0 bridgehead atoms. The van der Waals surface area contributed by atoms with Crippen LogP contribution in [0.3, 0.4) is 0 Å². The van der Waals surface area contributed by atoms with E-state index in [-0.39, 0.29) is 5.41 Å². The number of aliphatic carboxylic acids is 1. The topological polar surface area (TPSA) is 46.5 Å². The predicted octanol–water partition coefficient (Wildman–Crippen LogP) is 4.97. The number of rotatable bonds is 2. The van der Waals surface area contributed by atoms with Crippen LogP contribution in [-0.2, 0) is 9.53 Å². The highest BCUT2D eigenvalue weighted by Gasteiger charge is 2.11. The van der Waals surface area contributed by atoms with E-state index in [9.17, 15) is 0 Å². The number of carboxylic acids is 1. The van der Waals surface area contributed by atoms with Gasteiger partial charge in [0.25, 0.3) is 5.97 Å². The fraction of sp³-hybridized carbons (Fsp3) is 0.381. The molecule has 0 aliphatic heterocycles. The third kappa shape index (κ3) is 7.19. The van der Waals surface area contributed by atoms with Crippen molar-refractivity contribution < 1.29 is 14.6 Å². The molecule has 0 radical (unpaired) electrons. The Morgan fingerprint density at radius 2 is 2.04 bits per heavy atom. The molecule has 1 aliphatic rings. The van der Waals surface area contributed by atoms with Crippen LogP contribution >= 0.6 is 0 Å². The molecular weight excluding hydrogens is 300 g/mol. The SMILES string of the molecule is CC(=O)O.CCOC=C1CC=Cc2ccc(C#CC(C)(C)C)cc21. The van der Waals surface area contributed by atoms with E-state index in [0.29, 0.717) is 6.61 Å². The number of benzene rings is 1. The molecule has 1 aromatic carbocycles. The van der Waals surface area contributed by atoms with E-state index < -0.39 is 5.97 Å². The molecule has 0 saturated carbocycles. The molecule has 0 saturated heterocycles. The van der Waals surface area contributed by atoms with Crippen molar-refractivity contribution >= 4 is 17.6 Å². The van der Waals surface area contributed by atoms with Crippen molar-refractivity contribution in [3.05, 3.63) is 47.2 Å². The highest BCUT2D eigenvalue weighted by atomic mass is 16.5. The van der Waals surface area contributed by atoms with Gasteiger partial charge in [-0.2, -0.15) is 0 Å². The summed E-state index contributed by atoms with van der Waals surface area (Å²) >= 11 is 0. The van der Waals surface area contributed by atoms with Gasteiger partial charge in [-0.15, -0.1) is 0 Å². The maximum Gasteiger partial charge on any atom is 0.300 e. The Kier molecular flexibility index (Phi) is 7.32. The van der Waals surface area contributed by atoms with Crippen LogP contribution in [0.25, 0.3) is 11.6 Å². The first-order valence-electron chi connectivity index (χ1n) is 8.07. The molecule has 0 spiro atoms. The first kappa shape index (κ1) is 19.6. The van der Waals surface area contributed by atoms with Crippen molar-refractivity contribution in [1.82, 2.24) is 0 Å². The second kappa shape index (κ2) is 8.98. The molecule has 1 aromatic rings. The van der Waals surface area contributed by atoms with E-state index in [1.54, 1.807) is 0 Å². The van der Waals surface area contributed by atoms with E-state index >= 15 is 0 Å². The third-order valence-electron chi connectivity index (χ3n) is 3.01. The molecule has 0 unspecified atom stereocenters. The number of fused-ring (bicyclic) bond motifs is 1. The average molecular weight is 326 g/mol. The Morgan fingerprint density at radius 3 is 2.62 bits per heavy atom. The number of carbonyl (C=O) groups is 1. The Morgan fingerprint density at radius 1 is 1.38 bits per heavy atom. The van der Waals surface area contributed by atoms with Gasteiger partial charge in [-0.05, 0) is 62.9 Å². The molecule has 3 nitrogen and oxygen atoms in total. The van der Waals surface area contributed by atoms with Gasteiger partial charge in [-0.25, -0.2) is 0 Å². The van der Waals surface area contributed by atoms with Gasteiger partial charge in [-0.3, -0.25) is 4.79 Å². The van der Waals surface area contributed by atoms with Gasteiger partial charge >= 0.3 is 0 Å². The number of hydrogen-bond acceptors (Lipinski definition) is 2. The maximum absolute atomic E-state index is 9.00. The minimum atomic E-state index is -0.833. The quantitative estimate of drug-likeness (QED) is 0.616. The minimum absolute atomic E-state index is 0.0276. The van der Waals surface area contributed by atoms with Crippen molar-refractivity contribution in [2.75, 3.05) is 6.61 Å². The normalized spacial score (nSPS) is 14.0. The molecule has 24 heavy (non-hydrogen) atoms. The minimum Gasteiger partial charge on any atom is -0.501 e. The smallest absolute Gasteiger partial charge is 0.300 e. The molecule has 0 amide bonds. The highest BCUT2D eigenvalue weighted by Crippen LogP contribution is 2.29. The first-order chi connectivity index (χ1) is 11.2. The molecule has 3 heteroatoms. The van der Waals surface area contributed by atoms with Gasteiger partial charge in [0.15, 0.2) is 0 Å². The number of ether oxygens (including phenoxy) is 1. The molecule has 0 atom stereocenters. The molecule has 0 aromatic heterocycles. The second-order valence-corrected chi connectivity index (χ2v) is 6.53. The largest absolute Gasteiger partial charge is 0.501 e. The van der Waals surface area contributed by atoms with Crippen LogP contribution in [0.4, 0.5) is 0 Å². The summed E-state index contributed by atoms with van der Waals surface area (Å²) in [6, 6.07) is 6.39. The summed E-state index contributed by atoms with van der Waals surface area (Å²) in [6.07, 6.45) is 7.14. The van der Waals surface area contributed by atoms with Crippen LogP contribution in [0.2, 0.25) is 0 Å². The van der Waals surface area contributed by atoms with Crippen LogP contribution in [0.15, 0.2) is 30.5 Å². The zero-order valence-corrected chi connectivity index (χ0v) is 15.1. The first-order valence-corrected chi connectivity index (χ1v) is 8.07. The summed E-state index contributed by atoms with van der Waals surface area (Å²) in [7, 11) is 0. The van der Waals surface area contributed by atoms with Crippen molar-refractivity contribution in [3.8, 4) is 11.8 Å². The van der Waals surface area contributed by atoms with Crippen molar-refractivity contribution in [2.24, 2.45) is 5.41 Å². The fourth-order valence-electron chi connectivity index (χ4n) is 2.04. The summed E-state index contributed by atoms with van der Waals surface area (Å²) < 4.78 is 5.45. The standard InChI is InChI=1S/C19H22O.C2H4O2/c1-5-20-14-17-8-6-7-16-10-9-15(13-18(16)17)11-12-19(2,3)4;1-2(3)4/h6-7,9-10,13-14H,5,8H2,1-4H3;1H3,(H,3,4). The lowest BCUT2D eigenvalue weighted by atomic mass is 9.91. The Hall–Kier alpha value is -2.47. The summed E-state index contributed by atoms with van der Waals surface area (Å²) in [6.45, 7) is 10.2. The van der Waals surface area contributed by atoms with Crippen LogP contribution in [-0.4, -0.2) is 17.7 Å². The molecular formula is C21H26O3. The lowest BCUT2D eigenvalue weighted by Gasteiger charge is -2.14. The van der Waals surface area contributed by atoms with E-state index in [2.05, 4.69) is 63.0 Å². The molecule has 1 N–H and O–H groups in total. The zero-order valence-electron chi connectivity index (χ0n) is 15.1. The van der Waals surface area contributed by atoms with Crippen molar-refractivity contribution in [3.63, 3.8) is 0 Å². The maximum atomic E-state index is 9.00. The van der Waals surface area contributed by atoms with E-state index in [1.807, 2.05) is 13.2 Å². The van der Waals surface area contributed by atoms with E-state index in [0.717, 1.165) is 18.9 Å². The van der Waals surface area contributed by atoms with E-state index in [1.165, 1.54) is 16.7 Å². The Labute approximate surface area is 145 Å². The lowest BCUT2D eigenvalue weighted by Crippen LogP contribution is -2.00. The van der Waals surface area contributed by atoms with E-state index in [4.69, 9.17) is 14.6 Å². The number of allylic oxidation sites excluding steroid dienone is 2. The molecule has 1 aliphatic carbocycles. The number of hydrogen-bond donors (Lipinski definition) is 1. The Balaban J connectivity index is 0.000000648. The van der Waals surface area contributed by atoms with Gasteiger partial charge in [0.2, 0.25) is 0 Å². The lowest BCUT2D eigenvalue weighted by molar-refractivity contribution is -0.134. The fourth-order valence-corrected chi connectivity index (χ4v) is 2.04. The van der Waals surface area contributed by atoms with Gasteiger partial charge in [0, 0.05) is 17.9 Å². The van der Waals surface area contributed by atoms with Crippen molar-refractivity contribution in [1.29, 1.82) is 0 Å². The average Bonchev–Trinajstić information content (AvgIpc) is 2.49. The van der Waals surface area contributed by atoms with Crippen molar-refractivity contribution in [2.45, 2.75) is 41.0 Å². The number of carboxylic acid groups (broad SMARTS) is 1. The molecule has 128 valence electrons. The third-order valence-corrected chi connectivity index (χ3v) is 3.01.